The average Bonchev–Trinajstić information content (AvgIpc) is 3.18. The number of amides is 1. The Morgan fingerprint density at radius 3 is 2.70 bits per heavy atom. The van der Waals surface area contributed by atoms with Gasteiger partial charge >= 0.3 is 0 Å². The zero-order valence-electron chi connectivity index (χ0n) is 14.2. The van der Waals surface area contributed by atoms with Crippen LogP contribution in [0.15, 0.2) is 77.9 Å². The van der Waals surface area contributed by atoms with Gasteiger partial charge in [0, 0.05) is 11.1 Å². The third-order valence-electron chi connectivity index (χ3n) is 4.17. The number of hydrogen-bond acceptors (Lipinski definition) is 3. The van der Waals surface area contributed by atoms with Crippen LogP contribution in [0, 0.1) is 0 Å². The van der Waals surface area contributed by atoms with Gasteiger partial charge in [0.25, 0.3) is 5.91 Å². The van der Waals surface area contributed by atoms with Gasteiger partial charge in [0.2, 0.25) is 0 Å². The maximum atomic E-state index is 12.3. The predicted octanol–water partition coefficient (Wildman–Crippen LogP) is 4.65. The molecule has 0 bridgehead atoms. The van der Waals surface area contributed by atoms with Crippen molar-refractivity contribution in [3.63, 3.8) is 0 Å². The van der Waals surface area contributed by atoms with E-state index in [0.29, 0.717) is 16.4 Å². The van der Waals surface area contributed by atoms with E-state index >= 15 is 0 Å². The van der Waals surface area contributed by atoms with Crippen LogP contribution in [0.25, 0.3) is 22.0 Å². The Labute approximate surface area is 160 Å². The number of nitrogens with one attached hydrogen (secondary N) is 2. The third-order valence-corrected chi connectivity index (χ3v) is 4.49. The van der Waals surface area contributed by atoms with Gasteiger partial charge in [-0.25, -0.2) is 5.43 Å². The maximum absolute atomic E-state index is 12.3. The number of rotatable bonds is 4. The van der Waals surface area contributed by atoms with Gasteiger partial charge in [0.15, 0.2) is 0 Å². The lowest BCUT2D eigenvalue weighted by Crippen LogP contribution is -2.18. The summed E-state index contributed by atoms with van der Waals surface area (Å²) in [5.74, 6) is -0.378. The van der Waals surface area contributed by atoms with E-state index < -0.39 is 0 Å². The molecule has 0 radical (unpaired) electrons. The largest absolute Gasteiger partial charge is 0.289 e. The summed E-state index contributed by atoms with van der Waals surface area (Å²) in [5, 5.41) is 13.7. The van der Waals surface area contributed by atoms with Crippen LogP contribution in [0.2, 0.25) is 5.02 Å². The predicted molar refractivity (Wildman–Crippen MR) is 108 cm³/mol. The molecule has 1 amide bonds. The Hall–Kier alpha value is -3.44. The average molecular weight is 375 g/mol. The molecule has 0 saturated heterocycles. The van der Waals surface area contributed by atoms with E-state index in [4.69, 9.17) is 11.6 Å². The van der Waals surface area contributed by atoms with E-state index in [1.54, 1.807) is 18.3 Å². The van der Waals surface area contributed by atoms with Crippen LogP contribution < -0.4 is 5.43 Å². The van der Waals surface area contributed by atoms with Crippen molar-refractivity contribution in [1.82, 2.24) is 15.6 Å². The second kappa shape index (κ2) is 7.43. The molecule has 0 spiro atoms. The van der Waals surface area contributed by atoms with Crippen molar-refractivity contribution < 1.29 is 4.79 Å². The second-order valence-corrected chi connectivity index (χ2v) is 6.32. The quantitative estimate of drug-likeness (QED) is 0.403. The number of hydrogen-bond donors (Lipinski definition) is 2. The highest BCUT2D eigenvalue weighted by Gasteiger charge is 2.12. The normalized spacial score (nSPS) is 11.1. The lowest BCUT2D eigenvalue weighted by atomic mass is 10.1. The van der Waals surface area contributed by atoms with Crippen molar-refractivity contribution in [1.29, 1.82) is 0 Å². The first-order valence-electron chi connectivity index (χ1n) is 8.34. The molecule has 3 aromatic carbocycles. The van der Waals surface area contributed by atoms with Crippen LogP contribution in [0.5, 0.6) is 0 Å². The summed E-state index contributed by atoms with van der Waals surface area (Å²) in [6.07, 6.45) is 1.63. The maximum Gasteiger partial charge on any atom is 0.289 e. The Kier molecular flexibility index (Phi) is 4.68. The Balaban J connectivity index is 1.50. The molecule has 5 nitrogen and oxygen atoms in total. The number of halogens is 1. The molecular formula is C21H15ClN4O. The molecule has 4 aromatic rings. The number of carbonyl (C=O) groups excluding carboxylic acids is 1. The Morgan fingerprint density at radius 1 is 1.04 bits per heavy atom. The summed E-state index contributed by atoms with van der Waals surface area (Å²) in [4.78, 5) is 12.3. The number of hydrazone groups is 1. The fourth-order valence-electron chi connectivity index (χ4n) is 2.83. The highest BCUT2D eigenvalue weighted by molar-refractivity contribution is 6.33. The van der Waals surface area contributed by atoms with E-state index in [1.165, 1.54) is 0 Å². The SMILES string of the molecule is O=C(NN=Cc1cccc2ccccc12)c1cc(-c2ccccc2Cl)n[nH]1. The lowest BCUT2D eigenvalue weighted by Gasteiger charge is -2.01. The van der Waals surface area contributed by atoms with Crippen LogP contribution in [0.4, 0.5) is 0 Å². The minimum atomic E-state index is -0.378. The summed E-state index contributed by atoms with van der Waals surface area (Å²) in [5.41, 5.74) is 5.11. The smallest absolute Gasteiger partial charge is 0.272 e. The van der Waals surface area contributed by atoms with E-state index in [2.05, 4.69) is 20.7 Å². The Bertz CT molecular complexity index is 1140. The molecule has 4 rings (SSSR count). The minimum Gasteiger partial charge on any atom is -0.272 e. The summed E-state index contributed by atoms with van der Waals surface area (Å²) >= 11 is 6.17. The van der Waals surface area contributed by atoms with Gasteiger partial charge in [0.05, 0.1) is 16.9 Å². The van der Waals surface area contributed by atoms with Crippen LogP contribution >= 0.6 is 11.6 Å². The topological polar surface area (TPSA) is 70.1 Å². The van der Waals surface area contributed by atoms with Crippen LogP contribution in [-0.2, 0) is 0 Å². The highest BCUT2D eigenvalue weighted by Crippen LogP contribution is 2.26. The zero-order valence-corrected chi connectivity index (χ0v) is 14.9. The highest BCUT2D eigenvalue weighted by atomic mass is 35.5. The fraction of sp³-hybridized carbons (Fsp3) is 0. The number of aromatic nitrogens is 2. The minimum absolute atomic E-state index is 0.306. The van der Waals surface area contributed by atoms with Crippen molar-refractivity contribution in [3.8, 4) is 11.3 Å². The molecule has 1 heterocycles. The molecule has 0 atom stereocenters. The summed E-state index contributed by atoms with van der Waals surface area (Å²) in [6.45, 7) is 0. The second-order valence-electron chi connectivity index (χ2n) is 5.91. The summed E-state index contributed by atoms with van der Waals surface area (Å²) in [6, 6.07) is 22.9. The molecule has 27 heavy (non-hydrogen) atoms. The van der Waals surface area contributed by atoms with Gasteiger partial charge in [-0.05, 0) is 22.9 Å². The first-order valence-corrected chi connectivity index (χ1v) is 8.71. The summed E-state index contributed by atoms with van der Waals surface area (Å²) in [7, 11) is 0. The molecule has 1 aromatic heterocycles. The van der Waals surface area contributed by atoms with Crippen LogP contribution in [0.3, 0.4) is 0 Å². The van der Waals surface area contributed by atoms with Gasteiger partial charge in [-0.3, -0.25) is 9.89 Å². The fourth-order valence-corrected chi connectivity index (χ4v) is 3.06. The van der Waals surface area contributed by atoms with Gasteiger partial charge in [-0.1, -0.05) is 72.3 Å². The number of aromatic amines is 1. The van der Waals surface area contributed by atoms with E-state index in [9.17, 15) is 4.79 Å². The van der Waals surface area contributed by atoms with Gasteiger partial charge in [-0.15, -0.1) is 0 Å². The molecule has 132 valence electrons. The van der Waals surface area contributed by atoms with Crippen LogP contribution in [-0.4, -0.2) is 22.3 Å². The van der Waals surface area contributed by atoms with Gasteiger partial charge in [0.1, 0.15) is 5.69 Å². The monoisotopic (exact) mass is 374 g/mol. The number of fused-ring (bicyclic) bond motifs is 1. The number of nitrogens with zero attached hydrogens (tertiary/aromatic N) is 2. The van der Waals surface area contributed by atoms with E-state index in [-0.39, 0.29) is 5.91 Å². The molecule has 0 aliphatic heterocycles. The van der Waals surface area contributed by atoms with Crippen molar-refractivity contribution >= 4 is 34.5 Å². The molecule has 0 aliphatic rings. The molecular weight excluding hydrogens is 360 g/mol. The van der Waals surface area contributed by atoms with Crippen molar-refractivity contribution in [2.24, 2.45) is 5.10 Å². The van der Waals surface area contributed by atoms with Crippen molar-refractivity contribution in [2.75, 3.05) is 0 Å². The Morgan fingerprint density at radius 2 is 1.81 bits per heavy atom. The van der Waals surface area contributed by atoms with E-state index in [1.807, 2.05) is 60.7 Å². The molecule has 0 fully saturated rings. The molecule has 0 saturated carbocycles. The first kappa shape index (κ1) is 17.0. The third kappa shape index (κ3) is 3.59. The number of H-pyrrole nitrogens is 1. The number of carbonyl (C=O) groups is 1. The number of benzene rings is 3. The standard InChI is InChI=1S/C21H15ClN4O/c22-18-11-4-3-10-17(18)19-12-20(25-24-19)21(27)26-23-13-15-8-5-7-14-6-1-2-9-16(14)15/h1-13H,(H,24,25)(H,26,27). The lowest BCUT2D eigenvalue weighted by molar-refractivity contribution is 0.0950. The van der Waals surface area contributed by atoms with Gasteiger partial charge in [-0.2, -0.15) is 10.2 Å². The molecule has 6 heteroatoms. The molecule has 0 unspecified atom stereocenters. The first-order chi connectivity index (χ1) is 13.2. The summed E-state index contributed by atoms with van der Waals surface area (Å²) < 4.78 is 0. The zero-order chi connectivity index (χ0) is 18.6. The molecule has 2 N–H and O–H groups in total. The van der Waals surface area contributed by atoms with E-state index in [0.717, 1.165) is 21.9 Å². The van der Waals surface area contributed by atoms with Crippen molar-refractivity contribution in [2.45, 2.75) is 0 Å². The molecule has 0 aliphatic carbocycles. The van der Waals surface area contributed by atoms with Crippen molar-refractivity contribution in [3.05, 3.63) is 89.1 Å². The van der Waals surface area contributed by atoms with Crippen LogP contribution in [0.1, 0.15) is 16.1 Å². The van der Waals surface area contributed by atoms with Gasteiger partial charge < -0.3 is 0 Å².